The summed E-state index contributed by atoms with van der Waals surface area (Å²) in [5.74, 6) is 0.981. The van der Waals surface area contributed by atoms with Gasteiger partial charge in [0.05, 0.1) is 11.9 Å². The Kier molecular flexibility index (Phi) is 4.79. The van der Waals surface area contributed by atoms with Crippen molar-refractivity contribution in [1.29, 1.82) is 0 Å². The molecule has 2 aromatic rings. The summed E-state index contributed by atoms with van der Waals surface area (Å²) in [6.07, 6.45) is 3.03. The number of hydrogen-bond acceptors (Lipinski definition) is 3. The van der Waals surface area contributed by atoms with E-state index < -0.39 is 0 Å². The van der Waals surface area contributed by atoms with Crippen molar-refractivity contribution in [1.82, 2.24) is 14.9 Å². The van der Waals surface area contributed by atoms with Crippen LogP contribution in [0.25, 0.3) is 0 Å². The molecule has 2 rings (SSSR count). The molecule has 108 valence electrons. The van der Waals surface area contributed by atoms with Gasteiger partial charge in [0.1, 0.15) is 0 Å². The fraction of sp³-hybridized carbons (Fsp3) is 0.438. The topological polar surface area (TPSA) is 33.1 Å². The summed E-state index contributed by atoms with van der Waals surface area (Å²) in [5.41, 5.74) is 3.90. The summed E-state index contributed by atoms with van der Waals surface area (Å²) in [6.45, 7) is 3.89. The minimum Gasteiger partial charge on any atom is -0.348 e. The molecule has 0 saturated carbocycles. The minimum atomic E-state index is 0.826. The average Bonchev–Trinajstić information content (AvgIpc) is 2.81. The fourth-order valence-electron chi connectivity index (χ4n) is 2.24. The highest BCUT2D eigenvalue weighted by atomic mass is 15.3. The molecule has 0 atom stereocenters. The van der Waals surface area contributed by atoms with Crippen LogP contribution in [0.5, 0.6) is 0 Å². The molecule has 1 aromatic heterocycles. The van der Waals surface area contributed by atoms with Gasteiger partial charge in [0.15, 0.2) is 0 Å². The zero-order valence-electron chi connectivity index (χ0n) is 12.8. The lowest BCUT2D eigenvalue weighted by Crippen LogP contribution is -2.18. The Labute approximate surface area is 121 Å². The molecule has 1 heterocycles. The van der Waals surface area contributed by atoms with Crippen LogP contribution in [0.1, 0.15) is 23.7 Å². The second-order valence-electron chi connectivity index (χ2n) is 5.28. The molecule has 0 unspecified atom stereocenters. The van der Waals surface area contributed by atoms with Gasteiger partial charge in [0.2, 0.25) is 5.95 Å². The van der Waals surface area contributed by atoms with Crippen LogP contribution in [0.4, 0.5) is 5.95 Å². The lowest BCUT2D eigenvalue weighted by Gasteiger charge is -2.13. The molecule has 0 radical (unpaired) electrons. The fourth-order valence-corrected chi connectivity index (χ4v) is 2.24. The number of rotatable bonds is 6. The zero-order chi connectivity index (χ0) is 14.5. The van der Waals surface area contributed by atoms with E-state index >= 15 is 0 Å². The van der Waals surface area contributed by atoms with Gasteiger partial charge in [-0.05, 0) is 17.5 Å². The molecule has 1 N–H and O–H groups in total. The van der Waals surface area contributed by atoms with Gasteiger partial charge in [-0.3, -0.25) is 0 Å². The highest BCUT2D eigenvalue weighted by molar-refractivity contribution is 5.31. The molecule has 0 amide bonds. The quantitative estimate of drug-likeness (QED) is 0.876. The third kappa shape index (κ3) is 3.39. The predicted molar refractivity (Wildman–Crippen MR) is 83.9 cm³/mol. The van der Waals surface area contributed by atoms with Crippen molar-refractivity contribution in [2.75, 3.05) is 19.0 Å². The summed E-state index contributed by atoms with van der Waals surface area (Å²) in [5, 5.41) is 3.47. The highest BCUT2D eigenvalue weighted by Crippen LogP contribution is 2.11. The molecule has 20 heavy (non-hydrogen) atoms. The molecule has 0 spiro atoms. The van der Waals surface area contributed by atoms with Gasteiger partial charge in [-0.2, -0.15) is 0 Å². The number of aryl methyl sites for hydroxylation is 1. The first-order chi connectivity index (χ1) is 9.61. The van der Waals surface area contributed by atoms with E-state index in [9.17, 15) is 0 Å². The van der Waals surface area contributed by atoms with Gasteiger partial charge in [-0.25, -0.2) is 4.98 Å². The van der Waals surface area contributed by atoms with Crippen molar-refractivity contribution < 1.29 is 0 Å². The Bertz CT molecular complexity index is 540. The van der Waals surface area contributed by atoms with E-state index in [1.54, 1.807) is 0 Å². The summed E-state index contributed by atoms with van der Waals surface area (Å²) in [6, 6.07) is 8.79. The van der Waals surface area contributed by atoms with Crippen molar-refractivity contribution in [2.24, 2.45) is 7.05 Å². The standard InChI is InChI=1S/C16H24N4/c1-5-13-6-8-14(9-7-13)10-17-11-15-12-18-16(19(2)3)20(15)4/h6-9,12,17H,5,10-11H2,1-4H3. The molecule has 1 aromatic carbocycles. The molecule has 0 bridgehead atoms. The van der Waals surface area contributed by atoms with E-state index in [1.807, 2.05) is 25.2 Å². The van der Waals surface area contributed by atoms with Crippen LogP contribution in [-0.4, -0.2) is 23.6 Å². The maximum atomic E-state index is 4.41. The minimum absolute atomic E-state index is 0.826. The number of hydrogen-bond donors (Lipinski definition) is 1. The summed E-state index contributed by atoms with van der Waals surface area (Å²) in [7, 11) is 6.07. The number of nitrogens with one attached hydrogen (secondary N) is 1. The molecule has 0 saturated heterocycles. The first-order valence-corrected chi connectivity index (χ1v) is 7.08. The van der Waals surface area contributed by atoms with Gasteiger partial charge in [0.25, 0.3) is 0 Å². The van der Waals surface area contributed by atoms with Crippen molar-refractivity contribution in [3.05, 3.63) is 47.3 Å². The molecular weight excluding hydrogens is 248 g/mol. The number of aromatic nitrogens is 2. The van der Waals surface area contributed by atoms with Crippen molar-refractivity contribution in [2.45, 2.75) is 26.4 Å². The van der Waals surface area contributed by atoms with Gasteiger partial charge in [-0.1, -0.05) is 31.2 Å². The van der Waals surface area contributed by atoms with Gasteiger partial charge in [-0.15, -0.1) is 0 Å². The van der Waals surface area contributed by atoms with E-state index in [1.165, 1.54) is 16.8 Å². The monoisotopic (exact) mass is 272 g/mol. The van der Waals surface area contributed by atoms with Crippen molar-refractivity contribution in [3.8, 4) is 0 Å². The summed E-state index contributed by atoms with van der Waals surface area (Å²) >= 11 is 0. The van der Waals surface area contributed by atoms with Crippen LogP contribution in [0.3, 0.4) is 0 Å². The van der Waals surface area contributed by atoms with E-state index in [-0.39, 0.29) is 0 Å². The Balaban J connectivity index is 1.89. The lowest BCUT2D eigenvalue weighted by molar-refractivity contribution is 0.654. The van der Waals surface area contributed by atoms with Crippen molar-refractivity contribution in [3.63, 3.8) is 0 Å². The highest BCUT2D eigenvalue weighted by Gasteiger charge is 2.07. The second-order valence-corrected chi connectivity index (χ2v) is 5.28. The Morgan fingerprint density at radius 3 is 2.30 bits per heavy atom. The second kappa shape index (κ2) is 6.57. The normalized spacial score (nSPS) is 10.8. The van der Waals surface area contributed by atoms with Crippen LogP contribution in [0.15, 0.2) is 30.5 Å². The molecule has 4 nitrogen and oxygen atoms in total. The molecule has 4 heteroatoms. The van der Waals surface area contributed by atoms with Crippen molar-refractivity contribution >= 4 is 5.95 Å². The molecular formula is C16H24N4. The first kappa shape index (κ1) is 14.6. The largest absolute Gasteiger partial charge is 0.348 e. The summed E-state index contributed by atoms with van der Waals surface area (Å²) in [4.78, 5) is 6.43. The lowest BCUT2D eigenvalue weighted by atomic mass is 10.1. The van der Waals surface area contributed by atoms with Crippen LogP contribution < -0.4 is 10.2 Å². The number of benzene rings is 1. The van der Waals surface area contributed by atoms with Crippen LogP contribution in [0.2, 0.25) is 0 Å². The van der Waals surface area contributed by atoms with Gasteiger partial charge in [0, 0.05) is 34.2 Å². The van der Waals surface area contributed by atoms with E-state index in [4.69, 9.17) is 0 Å². The van der Waals surface area contributed by atoms with Gasteiger partial charge >= 0.3 is 0 Å². The third-order valence-electron chi connectivity index (χ3n) is 3.53. The van der Waals surface area contributed by atoms with E-state index in [0.717, 1.165) is 25.5 Å². The van der Waals surface area contributed by atoms with Crippen LogP contribution >= 0.6 is 0 Å². The van der Waals surface area contributed by atoms with E-state index in [0.29, 0.717) is 0 Å². The molecule has 0 aliphatic carbocycles. The van der Waals surface area contributed by atoms with Gasteiger partial charge < -0.3 is 14.8 Å². The maximum absolute atomic E-state index is 4.41. The van der Waals surface area contributed by atoms with Crippen LogP contribution in [-0.2, 0) is 26.6 Å². The Hall–Kier alpha value is -1.81. The average molecular weight is 272 g/mol. The number of imidazole rings is 1. The smallest absolute Gasteiger partial charge is 0.204 e. The zero-order valence-corrected chi connectivity index (χ0v) is 12.8. The van der Waals surface area contributed by atoms with E-state index in [2.05, 4.69) is 53.1 Å². The molecule has 0 fully saturated rings. The maximum Gasteiger partial charge on any atom is 0.204 e. The number of nitrogens with zero attached hydrogens (tertiary/aromatic N) is 3. The summed E-state index contributed by atoms with van der Waals surface area (Å²) < 4.78 is 2.12. The predicted octanol–water partition coefficient (Wildman–Crippen LogP) is 2.34. The molecule has 0 aliphatic rings. The first-order valence-electron chi connectivity index (χ1n) is 7.08. The Morgan fingerprint density at radius 1 is 1.10 bits per heavy atom. The SMILES string of the molecule is CCc1ccc(CNCc2cnc(N(C)C)n2C)cc1. The van der Waals surface area contributed by atoms with Crippen LogP contribution in [0, 0.1) is 0 Å². The number of anilines is 1. The molecule has 0 aliphatic heterocycles. The Morgan fingerprint density at radius 2 is 1.75 bits per heavy atom. The third-order valence-corrected chi connectivity index (χ3v) is 3.53.